The Labute approximate surface area is 102 Å². The Balaban J connectivity index is 2.62. The summed E-state index contributed by atoms with van der Waals surface area (Å²) in [4.78, 5) is 0. The van der Waals surface area contributed by atoms with Crippen LogP contribution in [0.3, 0.4) is 0 Å². The van der Waals surface area contributed by atoms with E-state index >= 15 is 0 Å². The van der Waals surface area contributed by atoms with Gasteiger partial charge >= 0.3 is 0 Å². The van der Waals surface area contributed by atoms with E-state index in [1.165, 1.54) is 5.56 Å². The van der Waals surface area contributed by atoms with Crippen molar-refractivity contribution >= 4 is 0 Å². The van der Waals surface area contributed by atoms with E-state index < -0.39 is 0 Å². The molecule has 0 unspecified atom stereocenters. The third-order valence-electron chi connectivity index (χ3n) is 2.76. The molecule has 0 aliphatic rings. The fourth-order valence-electron chi connectivity index (χ4n) is 1.92. The van der Waals surface area contributed by atoms with Crippen LogP contribution < -0.4 is 4.74 Å². The summed E-state index contributed by atoms with van der Waals surface area (Å²) < 4.78 is 7.39. The van der Waals surface area contributed by atoms with E-state index in [1.807, 2.05) is 29.1 Å². The molecule has 1 aromatic heterocycles. The van der Waals surface area contributed by atoms with Crippen molar-refractivity contribution in [2.45, 2.75) is 26.2 Å². The number of hydrogen-bond acceptors (Lipinski definition) is 2. The minimum absolute atomic E-state index is 0.0501. The maximum Gasteiger partial charge on any atom is 0.148 e. The molecule has 1 aromatic carbocycles. The topological polar surface area (TPSA) is 27.1 Å². The number of aromatic nitrogens is 2. The summed E-state index contributed by atoms with van der Waals surface area (Å²) in [5.74, 6) is 0.892. The molecule has 3 heteroatoms. The average molecular weight is 230 g/mol. The first kappa shape index (κ1) is 11.7. The van der Waals surface area contributed by atoms with Crippen LogP contribution in [0.1, 0.15) is 26.3 Å². The lowest BCUT2D eigenvalue weighted by Gasteiger charge is -2.23. The Kier molecular flexibility index (Phi) is 2.92. The zero-order chi connectivity index (χ0) is 12.5. The average Bonchev–Trinajstić information content (AvgIpc) is 2.80. The normalized spacial score (nSPS) is 11.5. The lowest BCUT2D eigenvalue weighted by Crippen LogP contribution is -2.14. The fourth-order valence-corrected chi connectivity index (χ4v) is 1.92. The van der Waals surface area contributed by atoms with Gasteiger partial charge in [0, 0.05) is 18.0 Å². The predicted octanol–water partition coefficient (Wildman–Crippen LogP) is 3.18. The van der Waals surface area contributed by atoms with Crippen LogP contribution >= 0.6 is 0 Å². The van der Waals surface area contributed by atoms with Crippen LogP contribution in [0.4, 0.5) is 0 Å². The maximum absolute atomic E-state index is 5.57. The standard InChI is InChI=1S/C14H18N2O/c1-14(2,3)11-7-5-8-12(13(11)17-4)16-10-6-9-15-16/h5-10H,1-4H3. The molecular weight excluding hydrogens is 212 g/mol. The van der Waals surface area contributed by atoms with Gasteiger partial charge in [0.1, 0.15) is 11.4 Å². The number of ether oxygens (including phenoxy) is 1. The fraction of sp³-hybridized carbons (Fsp3) is 0.357. The van der Waals surface area contributed by atoms with Gasteiger partial charge in [-0.05, 0) is 17.5 Å². The van der Waals surface area contributed by atoms with Crippen LogP contribution in [0.2, 0.25) is 0 Å². The molecule has 17 heavy (non-hydrogen) atoms. The van der Waals surface area contributed by atoms with Crippen LogP contribution in [0.15, 0.2) is 36.7 Å². The number of nitrogens with zero attached hydrogens (tertiary/aromatic N) is 2. The van der Waals surface area contributed by atoms with Crippen molar-refractivity contribution in [2.75, 3.05) is 7.11 Å². The Bertz CT molecular complexity index is 495. The molecule has 0 aliphatic carbocycles. The minimum atomic E-state index is 0.0501. The molecular formula is C14H18N2O. The number of rotatable bonds is 2. The van der Waals surface area contributed by atoms with Gasteiger partial charge in [-0.3, -0.25) is 0 Å². The van der Waals surface area contributed by atoms with E-state index in [9.17, 15) is 0 Å². The minimum Gasteiger partial charge on any atom is -0.494 e. The second kappa shape index (κ2) is 4.24. The summed E-state index contributed by atoms with van der Waals surface area (Å²) in [5, 5.41) is 4.25. The van der Waals surface area contributed by atoms with Crippen LogP contribution in [-0.4, -0.2) is 16.9 Å². The Hall–Kier alpha value is -1.77. The number of hydrogen-bond donors (Lipinski definition) is 0. The summed E-state index contributed by atoms with van der Waals surface area (Å²) in [7, 11) is 1.71. The van der Waals surface area contributed by atoms with Crippen LogP contribution in [-0.2, 0) is 5.41 Å². The van der Waals surface area contributed by atoms with Crippen molar-refractivity contribution in [1.82, 2.24) is 9.78 Å². The molecule has 0 amide bonds. The third kappa shape index (κ3) is 2.18. The molecule has 2 rings (SSSR count). The van der Waals surface area contributed by atoms with E-state index in [2.05, 4.69) is 31.9 Å². The first-order valence-corrected chi connectivity index (χ1v) is 5.71. The molecule has 0 N–H and O–H groups in total. The monoisotopic (exact) mass is 230 g/mol. The van der Waals surface area contributed by atoms with E-state index in [0.29, 0.717) is 0 Å². The highest BCUT2D eigenvalue weighted by atomic mass is 16.5. The van der Waals surface area contributed by atoms with Crippen LogP contribution in [0, 0.1) is 0 Å². The van der Waals surface area contributed by atoms with Crippen molar-refractivity contribution in [2.24, 2.45) is 0 Å². The lowest BCUT2D eigenvalue weighted by molar-refractivity contribution is 0.394. The Morgan fingerprint density at radius 2 is 1.94 bits per heavy atom. The quantitative estimate of drug-likeness (QED) is 0.792. The van der Waals surface area contributed by atoms with Gasteiger partial charge in [0.15, 0.2) is 0 Å². The van der Waals surface area contributed by atoms with Crippen molar-refractivity contribution in [3.8, 4) is 11.4 Å². The van der Waals surface area contributed by atoms with Crippen LogP contribution in [0.25, 0.3) is 5.69 Å². The summed E-state index contributed by atoms with van der Waals surface area (Å²) >= 11 is 0. The molecule has 0 saturated heterocycles. The molecule has 2 aromatic rings. The SMILES string of the molecule is COc1c(-n2cccn2)cccc1C(C)(C)C. The summed E-state index contributed by atoms with van der Waals surface area (Å²) in [5.41, 5.74) is 2.21. The van der Waals surface area contributed by atoms with Crippen molar-refractivity contribution in [3.63, 3.8) is 0 Å². The van der Waals surface area contributed by atoms with Gasteiger partial charge in [-0.2, -0.15) is 5.10 Å². The summed E-state index contributed by atoms with van der Waals surface area (Å²) in [6, 6.07) is 8.07. The van der Waals surface area contributed by atoms with Crippen molar-refractivity contribution in [3.05, 3.63) is 42.2 Å². The maximum atomic E-state index is 5.57. The number of para-hydroxylation sites is 1. The zero-order valence-electron chi connectivity index (χ0n) is 10.8. The first-order chi connectivity index (χ1) is 8.04. The molecule has 0 fully saturated rings. The van der Waals surface area contributed by atoms with E-state index in [-0.39, 0.29) is 5.41 Å². The number of methoxy groups -OCH3 is 1. The molecule has 0 radical (unpaired) electrons. The van der Waals surface area contributed by atoms with Gasteiger partial charge in [0.2, 0.25) is 0 Å². The van der Waals surface area contributed by atoms with Gasteiger partial charge in [0.05, 0.1) is 7.11 Å². The zero-order valence-corrected chi connectivity index (χ0v) is 10.8. The third-order valence-corrected chi connectivity index (χ3v) is 2.76. The predicted molar refractivity (Wildman–Crippen MR) is 68.8 cm³/mol. The molecule has 3 nitrogen and oxygen atoms in total. The molecule has 0 atom stereocenters. The van der Waals surface area contributed by atoms with Gasteiger partial charge in [-0.25, -0.2) is 4.68 Å². The summed E-state index contributed by atoms with van der Waals surface area (Å²) in [6.45, 7) is 6.53. The van der Waals surface area contributed by atoms with E-state index in [1.54, 1.807) is 13.3 Å². The second-order valence-corrected chi connectivity index (χ2v) is 5.06. The van der Waals surface area contributed by atoms with Gasteiger partial charge in [-0.1, -0.05) is 32.9 Å². The molecule has 0 spiro atoms. The number of benzene rings is 1. The highest BCUT2D eigenvalue weighted by molar-refractivity contribution is 5.53. The second-order valence-electron chi connectivity index (χ2n) is 5.06. The van der Waals surface area contributed by atoms with Gasteiger partial charge in [0.25, 0.3) is 0 Å². The van der Waals surface area contributed by atoms with Crippen LogP contribution in [0.5, 0.6) is 5.75 Å². The molecule has 0 bridgehead atoms. The van der Waals surface area contributed by atoms with E-state index in [0.717, 1.165) is 11.4 Å². The van der Waals surface area contributed by atoms with Crippen molar-refractivity contribution in [1.29, 1.82) is 0 Å². The summed E-state index contributed by atoms with van der Waals surface area (Å²) in [6.07, 6.45) is 3.69. The molecule has 90 valence electrons. The van der Waals surface area contributed by atoms with E-state index in [4.69, 9.17) is 4.74 Å². The Morgan fingerprint density at radius 3 is 2.47 bits per heavy atom. The van der Waals surface area contributed by atoms with Crippen molar-refractivity contribution < 1.29 is 4.74 Å². The van der Waals surface area contributed by atoms with Gasteiger partial charge in [-0.15, -0.1) is 0 Å². The smallest absolute Gasteiger partial charge is 0.148 e. The Morgan fingerprint density at radius 1 is 1.18 bits per heavy atom. The lowest BCUT2D eigenvalue weighted by atomic mass is 9.86. The first-order valence-electron chi connectivity index (χ1n) is 5.71. The largest absolute Gasteiger partial charge is 0.494 e. The highest BCUT2D eigenvalue weighted by Crippen LogP contribution is 2.35. The van der Waals surface area contributed by atoms with Gasteiger partial charge < -0.3 is 4.74 Å². The molecule has 1 heterocycles. The molecule has 0 aliphatic heterocycles. The molecule has 0 saturated carbocycles. The highest BCUT2D eigenvalue weighted by Gasteiger charge is 2.21.